The Bertz CT molecular complexity index is 424. The van der Waals surface area contributed by atoms with Crippen molar-refractivity contribution in [2.45, 2.75) is 24.0 Å². The van der Waals surface area contributed by atoms with Crippen LogP contribution in [0.1, 0.15) is 13.8 Å². The molecule has 0 saturated heterocycles. The van der Waals surface area contributed by atoms with Crippen LogP contribution in [0, 0.1) is 0 Å². The van der Waals surface area contributed by atoms with Crippen LogP contribution < -0.4 is 10.6 Å². The lowest BCUT2D eigenvalue weighted by molar-refractivity contribution is 0.587. The van der Waals surface area contributed by atoms with Gasteiger partial charge in [0, 0.05) is 5.69 Å². The number of sulfone groups is 1. The summed E-state index contributed by atoms with van der Waals surface area (Å²) in [5.74, 6) is 0. The topological polar surface area (TPSA) is 58.2 Å². The molecule has 0 radical (unpaired) electrons. The fraction of sp³-hybridized carbons (Fsp3) is 0.455. The van der Waals surface area contributed by atoms with Gasteiger partial charge in [-0.2, -0.15) is 0 Å². The molecule has 90 valence electrons. The fourth-order valence-corrected chi connectivity index (χ4v) is 2.28. The molecule has 16 heavy (non-hydrogen) atoms. The van der Waals surface area contributed by atoms with Gasteiger partial charge in [-0.25, -0.2) is 8.42 Å². The van der Waals surface area contributed by atoms with Gasteiger partial charge in [0.15, 0.2) is 9.84 Å². The SMILES string of the molecule is CNCNc1ccc(S(=O)(=O)C(C)C)cc1. The fourth-order valence-electron chi connectivity index (χ4n) is 1.23. The Balaban J connectivity index is 2.87. The molecular formula is C11H18N2O2S. The van der Waals surface area contributed by atoms with E-state index in [1.165, 1.54) is 0 Å². The van der Waals surface area contributed by atoms with E-state index in [0.29, 0.717) is 11.6 Å². The summed E-state index contributed by atoms with van der Waals surface area (Å²) in [4.78, 5) is 0.373. The first kappa shape index (κ1) is 13.0. The molecule has 0 aliphatic rings. The van der Waals surface area contributed by atoms with Crippen molar-refractivity contribution in [3.05, 3.63) is 24.3 Å². The molecule has 0 aliphatic carbocycles. The first-order chi connectivity index (χ1) is 7.48. The Hall–Kier alpha value is -1.07. The van der Waals surface area contributed by atoms with E-state index in [-0.39, 0.29) is 5.25 Å². The highest BCUT2D eigenvalue weighted by atomic mass is 32.2. The number of rotatable bonds is 5. The molecule has 0 saturated carbocycles. The van der Waals surface area contributed by atoms with Crippen LogP contribution in [0.25, 0.3) is 0 Å². The molecule has 0 fully saturated rings. The van der Waals surface area contributed by atoms with Gasteiger partial charge in [-0.05, 0) is 45.2 Å². The average Bonchev–Trinajstić information content (AvgIpc) is 2.26. The summed E-state index contributed by atoms with van der Waals surface area (Å²) in [5.41, 5.74) is 0.900. The van der Waals surface area contributed by atoms with Gasteiger partial charge in [0.25, 0.3) is 0 Å². The second kappa shape index (κ2) is 5.32. The van der Waals surface area contributed by atoms with E-state index in [4.69, 9.17) is 0 Å². The summed E-state index contributed by atoms with van der Waals surface area (Å²) in [6.07, 6.45) is 0. The van der Waals surface area contributed by atoms with Gasteiger partial charge in [0.2, 0.25) is 0 Å². The third kappa shape index (κ3) is 2.96. The molecule has 1 aromatic carbocycles. The number of anilines is 1. The van der Waals surface area contributed by atoms with E-state index in [1.807, 2.05) is 7.05 Å². The van der Waals surface area contributed by atoms with Crippen LogP contribution in [0.4, 0.5) is 5.69 Å². The zero-order chi connectivity index (χ0) is 12.2. The van der Waals surface area contributed by atoms with E-state index >= 15 is 0 Å². The highest BCUT2D eigenvalue weighted by Crippen LogP contribution is 2.18. The van der Waals surface area contributed by atoms with Gasteiger partial charge in [-0.1, -0.05) is 0 Å². The Morgan fingerprint density at radius 2 is 1.75 bits per heavy atom. The van der Waals surface area contributed by atoms with Crippen LogP contribution in [-0.2, 0) is 9.84 Å². The zero-order valence-electron chi connectivity index (χ0n) is 9.82. The molecule has 1 rings (SSSR count). The molecule has 0 spiro atoms. The molecule has 2 N–H and O–H groups in total. The maximum absolute atomic E-state index is 11.8. The minimum Gasteiger partial charge on any atom is -0.372 e. The number of benzene rings is 1. The Morgan fingerprint density at radius 1 is 1.19 bits per heavy atom. The van der Waals surface area contributed by atoms with Crippen LogP contribution in [-0.4, -0.2) is 27.4 Å². The van der Waals surface area contributed by atoms with E-state index in [1.54, 1.807) is 38.1 Å². The summed E-state index contributed by atoms with van der Waals surface area (Å²) in [5, 5.41) is 5.66. The molecule has 4 nitrogen and oxygen atoms in total. The monoisotopic (exact) mass is 242 g/mol. The summed E-state index contributed by atoms with van der Waals surface area (Å²) in [6.45, 7) is 4.02. The van der Waals surface area contributed by atoms with E-state index < -0.39 is 9.84 Å². The van der Waals surface area contributed by atoms with Crippen molar-refractivity contribution in [1.29, 1.82) is 0 Å². The van der Waals surface area contributed by atoms with Crippen LogP contribution in [0.15, 0.2) is 29.2 Å². The van der Waals surface area contributed by atoms with Crippen LogP contribution >= 0.6 is 0 Å². The van der Waals surface area contributed by atoms with E-state index in [9.17, 15) is 8.42 Å². The first-order valence-electron chi connectivity index (χ1n) is 5.21. The molecule has 0 unspecified atom stereocenters. The lowest BCUT2D eigenvalue weighted by atomic mass is 10.3. The molecule has 0 amide bonds. The third-order valence-electron chi connectivity index (χ3n) is 2.27. The molecular weight excluding hydrogens is 224 g/mol. The molecule has 0 aromatic heterocycles. The molecule has 5 heteroatoms. The zero-order valence-corrected chi connectivity index (χ0v) is 10.6. The third-order valence-corrected chi connectivity index (χ3v) is 4.44. The first-order valence-corrected chi connectivity index (χ1v) is 6.75. The molecule has 0 bridgehead atoms. The van der Waals surface area contributed by atoms with Gasteiger partial charge in [-0.3, -0.25) is 0 Å². The van der Waals surface area contributed by atoms with E-state index in [2.05, 4.69) is 10.6 Å². The van der Waals surface area contributed by atoms with Crippen molar-refractivity contribution in [3.63, 3.8) is 0 Å². The predicted octanol–water partition coefficient (Wildman–Crippen LogP) is 1.46. The molecule has 0 heterocycles. The standard InChI is InChI=1S/C11H18N2O2S/c1-9(2)16(14,15)11-6-4-10(5-7-11)13-8-12-3/h4-7,9,12-13H,8H2,1-3H3. The molecule has 1 aromatic rings. The Labute approximate surface area is 97.0 Å². The van der Waals surface area contributed by atoms with Gasteiger partial charge < -0.3 is 10.6 Å². The number of hydrogen-bond acceptors (Lipinski definition) is 4. The highest BCUT2D eigenvalue weighted by molar-refractivity contribution is 7.92. The van der Waals surface area contributed by atoms with Crippen LogP contribution in [0.2, 0.25) is 0 Å². The minimum absolute atomic E-state index is 0.373. The largest absolute Gasteiger partial charge is 0.372 e. The molecule has 0 aliphatic heterocycles. The van der Waals surface area contributed by atoms with Gasteiger partial charge in [-0.15, -0.1) is 0 Å². The maximum Gasteiger partial charge on any atom is 0.180 e. The Morgan fingerprint density at radius 3 is 2.19 bits per heavy atom. The lowest BCUT2D eigenvalue weighted by Crippen LogP contribution is -2.17. The smallest absolute Gasteiger partial charge is 0.180 e. The van der Waals surface area contributed by atoms with Crippen LogP contribution in [0.5, 0.6) is 0 Å². The average molecular weight is 242 g/mol. The summed E-state index contributed by atoms with van der Waals surface area (Å²) < 4.78 is 23.6. The Kier molecular flexibility index (Phi) is 4.32. The number of hydrogen-bond donors (Lipinski definition) is 2. The van der Waals surface area contributed by atoms with Gasteiger partial charge >= 0.3 is 0 Å². The summed E-state index contributed by atoms with van der Waals surface area (Å²) in [7, 11) is -1.32. The normalized spacial score (nSPS) is 11.8. The van der Waals surface area contributed by atoms with Crippen molar-refractivity contribution in [3.8, 4) is 0 Å². The van der Waals surface area contributed by atoms with Crippen molar-refractivity contribution in [1.82, 2.24) is 5.32 Å². The van der Waals surface area contributed by atoms with Crippen molar-refractivity contribution in [2.75, 3.05) is 19.0 Å². The second-order valence-corrected chi connectivity index (χ2v) is 6.33. The minimum atomic E-state index is -3.16. The summed E-state index contributed by atoms with van der Waals surface area (Å²) in [6, 6.07) is 6.81. The van der Waals surface area contributed by atoms with Gasteiger partial charge in [0.1, 0.15) is 0 Å². The van der Waals surface area contributed by atoms with Gasteiger partial charge in [0.05, 0.1) is 16.8 Å². The molecule has 0 atom stereocenters. The quantitative estimate of drug-likeness (QED) is 0.767. The highest BCUT2D eigenvalue weighted by Gasteiger charge is 2.18. The van der Waals surface area contributed by atoms with Crippen molar-refractivity contribution < 1.29 is 8.42 Å². The predicted molar refractivity (Wildman–Crippen MR) is 66.3 cm³/mol. The van der Waals surface area contributed by atoms with Crippen LogP contribution in [0.3, 0.4) is 0 Å². The lowest BCUT2D eigenvalue weighted by Gasteiger charge is -2.09. The van der Waals surface area contributed by atoms with Crippen molar-refractivity contribution in [2.24, 2.45) is 0 Å². The second-order valence-electron chi connectivity index (χ2n) is 3.83. The maximum atomic E-state index is 11.8. The van der Waals surface area contributed by atoms with Crippen molar-refractivity contribution >= 4 is 15.5 Å². The number of nitrogens with one attached hydrogen (secondary N) is 2. The summed E-state index contributed by atoms with van der Waals surface area (Å²) >= 11 is 0. The van der Waals surface area contributed by atoms with E-state index in [0.717, 1.165) is 5.69 Å².